The number of ether oxygens (including phenoxy) is 1. The second kappa shape index (κ2) is 5.06. The normalized spacial score (nSPS) is 15.2. The molecule has 0 radical (unpaired) electrons. The van der Waals surface area contributed by atoms with Crippen LogP contribution in [-0.2, 0) is 11.3 Å². The van der Waals surface area contributed by atoms with Gasteiger partial charge in [0.2, 0.25) is 0 Å². The van der Waals surface area contributed by atoms with Gasteiger partial charge in [-0.25, -0.2) is 9.78 Å². The summed E-state index contributed by atoms with van der Waals surface area (Å²) in [7, 11) is 0. The zero-order valence-corrected chi connectivity index (χ0v) is 12.7. The van der Waals surface area contributed by atoms with Crippen molar-refractivity contribution in [2.24, 2.45) is 0 Å². The molecule has 21 heavy (non-hydrogen) atoms. The van der Waals surface area contributed by atoms with Crippen LogP contribution in [0, 0.1) is 0 Å². The summed E-state index contributed by atoms with van der Waals surface area (Å²) in [4.78, 5) is 21.6. The van der Waals surface area contributed by atoms with Crippen molar-refractivity contribution >= 4 is 17.1 Å². The van der Waals surface area contributed by atoms with Gasteiger partial charge in [0.05, 0.1) is 6.54 Å². The van der Waals surface area contributed by atoms with Crippen LogP contribution < -0.4 is 0 Å². The summed E-state index contributed by atoms with van der Waals surface area (Å²) in [5, 5.41) is 1.06. The summed E-state index contributed by atoms with van der Waals surface area (Å²) in [6.07, 6.45) is 5.56. The molecule has 0 aliphatic heterocycles. The van der Waals surface area contributed by atoms with E-state index in [0.717, 1.165) is 29.4 Å². The van der Waals surface area contributed by atoms with Crippen molar-refractivity contribution in [2.75, 3.05) is 0 Å². The minimum absolute atomic E-state index is 0.233. The molecule has 0 atom stereocenters. The number of pyridine rings is 1. The van der Waals surface area contributed by atoms with Crippen LogP contribution in [0.15, 0.2) is 24.5 Å². The molecule has 5 heteroatoms. The van der Waals surface area contributed by atoms with Gasteiger partial charge in [-0.1, -0.05) is 0 Å². The number of rotatable bonds is 3. The number of carbonyl (C=O) groups is 1. The van der Waals surface area contributed by atoms with Crippen molar-refractivity contribution in [3.05, 3.63) is 30.1 Å². The van der Waals surface area contributed by atoms with Crippen molar-refractivity contribution in [1.29, 1.82) is 0 Å². The SMILES string of the molecule is CC(C)(C)OC(=O)N(Cc1c[nH]c2ncccc12)C1CC1. The van der Waals surface area contributed by atoms with Crippen LogP contribution in [0.5, 0.6) is 0 Å². The zero-order valence-electron chi connectivity index (χ0n) is 12.7. The number of hydrogen-bond donors (Lipinski definition) is 1. The number of carbonyl (C=O) groups excluding carboxylic acids is 1. The monoisotopic (exact) mass is 287 g/mol. The molecule has 1 saturated carbocycles. The Morgan fingerprint density at radius 1 is 1.48 bits per heavy atom. The van der Waals surface area contributed by atoms with Crippen LogP contribution in [0.3, 0.4) is 0 Å². The summed E-state index contributed by atoms with van der Waals surface area (Å²) in [5.41, 5.74) is 1.47. The first-order chi connectivity index (χ1) is 9.94. The van der Waals surface area contributed by atoms with E-state index in [9.17, 15) is 4.79 Å². The number of amides is 1. The quantitative estimate of drug-likeness (QED) is 0.940. The Kier molecular flexibility index (Phi) is 3.35. The van der Waals surface area contributed by atoms with E-state index in [2.05, 4.69) is 9.97 Å². The lowest BCUT2D eigenvalue weighted by molar-refractivity contribution is 0.0217. The number of aromatic nitrogens is 2. The number of fused-ring (bicyclic) bond motifs is 1. The van der Waals surface area contributed by atoms with E-state index < -0.39 is 5.60 Å². The first-order valence-electron chi connectivity index (χ1n) is 7.34. The number of nitrogens with zero attached hydrogens (tertiary/aromatic N) is 2. The standard InChI is InChI=1S/C16H21N3O2/c1-16(2,3)21-15(20)19(12-6-7-12)10-11-9-18-14-13(11)5-4-8-17-14/h4-5,8-9,12H,6-7,10H2,1-3H3,(H,17,18). The maximum atomic E-state index is 12.4. The molecule has 1 fully saturated rings. The Bertz CT molecular complexity index is 653. The molecule has 2 heterocycles. The van der Waals surface area contributed by atoms with Crippen molar-refractivity contribution in [3.8, 4) is 0 Å². The topological polar surface area (TPSA) is 58.2 Å². The third kappa shape index (κ3) is 3.17. The molecule has 1 amide bonds. The van der Waals surface area contributed by atoms with Crippen LogP contribution in [0.4, 0.5) is 4.79 Å². The molecule has 0 spiro atoms. The van der Waals surface area contributed by atoms with Crippen molar-refractivity contribution in [2.45, 2.75) is 51.8 Å². The summed E-state index contributed by atoms with van der Waals surface area (Å²) in [5.74, 6) is 0. The predicted octanol–water partition coefficient (Wildman–Crippen LogP) is 3.46. The molecule has 1 aliphatic rings. The Morgan fingerprint density at radius 2 is 2.24 bits per heavy atom. The fourth-order valence-electron chi connectivity index (χ4n) is 2.38. The van der Waals surface area contributed by atoms with Gasteiger partial charge < -0.3 is 14.6 Å². The Balaban J connectivity index is 1.81. The third-order valence-electron chi connectivity index (χ3n) is 3.49. The highest BCUT2D eigenvalue weighted by Gasteiger charge is 2.35. The van der Waals surface area contributed by atoms with Gasteiger partial charge in [-0.2, -0.15) is 0 Å². The van der Waals surface area contributed by atoms with Crippen LogP contribution in [-0.4, -0.2) is 32.6 Å². The van der Waals surface area contributed by atoms with Crippen molar-refractivity contribution in [3.63, 3.8) is 0 Å². The molecule has 0 aromatic carbocycles. The van der Waals surface area contributed by atoms with Gasteiger partial charge in [-0.3, -0.25) is 0 Å². The molecule has 112 valence electrons. The van der Waals surface area contributed by atoms with Gasteiger partial charge in [0, 0.05) is 23.8 Å². The maximum Gasteiger partial charge on any atom is 0.410 e. The van der Waals surface area contributed by atoms with Gasteiger partial charge in [-0.05, 0) is 51.3 Å². The number of H-pyrrole nitrogens is 1. The van der Waals surface area contributed by atoms with Gasteiger partial charge in [0.25, 0.3) is 0 Å². The lowest BCUT2D eigenvalue weighted by Crippen LogP contribution is -2.37. The van der Waals surface area contributed by atoms with Crippen molar-refractivity contribution in [1.82, 2.24) is 14.9 Å². The van der Waals surface area contributed by atoms with Crippen LogP contribution in [0.25, 0.3) is 11.0 Å². The molecule has 0 bridgehead atoms. The smallest absolute Gasteiger partial charge is 0.410 e. The summed E-state index contributed by atoms with van der Waals surface area (Å²) in [6, 6.07) is 4.24. The molecule has 3 rings (SSSR count). The van der Waals surface area contributed by atoms with Crippen molar-refractivity contribution < 1.29 is 9.53 Å². The first-order valence-corrected chi connectivity index (χ1v) is 7.34. The molecule has 2 aromatic heterocycles. The van der Waals surface area contributed by atoms with E-state index in [1.54, 1.807) is 6.20 Å². The molecular formula is C16H21N3O2. The van der Waals surface area contributed by atoms with E-state index in [0.29, 0.717) is 12.6 Å². The fraction of sp³-hybridized carbons (Fsp3) is 0.500. The molecule has 0 saturated heterocycles. The molecule has 1 aliphatic carbocycles. The fourth-order valence-corrected chi connectivity index (χ4v) is 2.38. The molecule has 2 aromatic rings. The summed E-state index contributed by atoms with van der Waals surface area (Å²) in [6.45, 7) is 6.24. The highest BCUT2D eigenvalue weighted by atomic mass is 16.6. The maximum absolute atomic E-state index is 12.4. The van der Waals surface area contributed by atoms with Gasteiger partial charge in [0.15, 0.2) is 0 Å². The van der Waals surface area contributed by atoms with E-state index in [1.807, 2.05) is 44.0 Å². The molecule has 1 N–H and O–H groups in total. The van der Waals surface area contributed by atoms with Crippen LogP contribution >= 0.6 is 0 Å². The first kappa shape index (κ1) is 13.9. The second-order valence-corrected chi connectivity index (χ2v) is 6.55. The minimum atomic E-state index is -0.466. The number of aromatic amines is 1. The Labute approximate surface area is 124 Å². The van der Waals surface area contributed by atoms with E-state index >= 15 is 0 Å². The number of hydrogen-bond acceptors (Lipinski definition) is 3. The average molecular weight is 287 g/mol. The summed E-state index contributed by atoms with van der Waals surface area (Å²) < 4.78 is 5.52. The Hall–Kier alpha value is -2.04. The number of nitrogens with one attached hydrogen (secondary N) is 1. The predicted molar refractivity (Wildman–Crippen MR) is 80.9 cm³/mol. The van der Waals surface area contributed by atoms with E-state index in [-0.39, 0.29) is 6.09 Å². The summed E-state index contributed by atoms with van der Waals surface area (Å²) >= 11 is 0. The lowest BCUT2D eigenvalue weighted by atomic mass is 10.2. The average Bonchev–Trinajstić information content (AvgIpc) is 3.15. The van der Waals surface area contributed by atoms with E-state index in [1.165, 1.54) is 0 Å². The molecule has 5 nitrogen and oxygen atoms in total. The van der Waals surface area contributed by atoms with Gasteiger partial charge in [-0.15, -0.1) is 0 Å². The largest absolute Gasteiger partial charge is 0.444 e. The van der Waals surface area contributed by atoms with Gasteiger partial charge >= 0.3 is 6.09 Å². The zero-order chi connectivity index (χ0) is 15.0. The minimum Gasteiger partial charge on any atom is -0.444 e. The highest BCUT2D eigenvalue weighted by molar-refractivity contribution is 5.80. The molecule has 0 unspecified atom stereocenters. The lowest BCUT2D eigenvalue weighted by Gasteiger charge is -2.27. The van der Waals surface area contributed by atoms with E-state index in [4.69, 9.17) is 4.74 Å². The van der Waals surface area contributed by atoms with Crippen LogP contribution in [0.2, 0.25) is 0 Å². The molecular weight excluding hydrogens is 266 g/mol. The third-order valence-corrected chi connectivity index (χ3v) is 3.49. The van der Waals surface area contributed by atoms with Gasteiger partial charge in [0.1, 0.15) is 11.2 Å². The second-order valence-electron chi connectivity index (χ2n) is 6.55. The Morgan fingerprint density at radius 3 is 2.90 bits per heavy atom. The van der Waals surface area contributed by atoms with Crippen LogP contribution in [0.1, 0.15) is 39.2 Å². The highest BCUT2D eigenvalue weighted by Crippen LogP contribution is 2.31.